The quantitative estimate of drug-likeness (QED) is 0.320. The largest absolute Gasteiger partial charge is 0.676 e. The van der Waals surface area contributed by atoms with Gasteiger partial charge in [0, 0.05) is 26.2 Å². The van der Waals surface area contributed by atoms with Crippen molar-refractivity contribution >= 4 is 17.5 Å². The number of nitrogens with zero attached hydrogens (tertiary/aromatic N) is 1. The normalized spacial score (nSPS) is 15.4. The fourth-order valence-corrected chi connectivity index (χ4v) is 2.48. The number of rotatable bonds is 2. The summed E-state index contributed by atoms with van der Waals surface area (Å²) in [4.78, 5) is 10.0. The van der Waals surface area contributed by atoms with Crippen molar-refractivity contribution in [3.8, 4) is 0 Å². The van der Waals surface area contributed by atoms with Crippen molar-refractivity contribution in [2.45, 2.75) is 26.8 Å². The van der Waals surface area contributed by atoms with E-state index in [0.717, 1.165) is 11.3 Å². The van der Waals surface area contributed by atoms with E-state index >= 15 is 0 Å². The summed E-state index contributed by atoms with van der Waals surface area (Å²) in [7, 11) is 0. The summed E-state index contributed by atoms with van der Waals surface area (Å²) in [6.45, 7) is 4.98. The predicted octanol–water partition coefficient (Wildman–Crippen LogP) is 5.68. The molecular weight excluding hydrogens is 490 g/mol. The maximum atomic E-state index is 10.0. The number of aliphatic hydroxyl groups is 1. The van der Waals surface area contributed by atoms with Gasteiger partial charge in [0.05, 0.1) is 5.76 Å². The second kappa shape index (κ2) is 9.97. The van der Waals surface area contributed by atoms with Crippen molar-refractivity contribution in [2.24, 2.45) is 0 Å². The Labute approximate surface area is 162 Å². The van der Waals surface area contributed by atoms with Gasteiger partial charge in [-0.05, 0) is 26.3 Å². The van der Waals surface area contributed by atoms with E-state index in [1.807, 2.05) is 30.3 Å². The summed E-state index contributed by atoms with van der Waals surface area (Å²) in [5.74, 6) is -0.0625. The maximum absolute atomic E-state index is 10.0. The Balaban J connectivity index is 0.000000339. The van der Waals surface area contributed by atoms with Gasteiger partial charge in [-0.3, -0.25) is 4.79 Å². The molecule has 1 atom stereocenters. The molecule has 1 radical (unpaired) electrons. The Morgan fingerprint density at radius 3 is 2.40 bits per heavy atom. The molecule has 2 aromatic rings. The van der Waals surface area contributed by atoms with Crippen LogP contribution in [0.5, 0.6) is 0 Å². The number of para-hydroxylation sites is 1. The van der Waals surface area contributed by atoms with E-state index in [1.54, 1.807) is 0 Å². The second-order valence-corrected chi connectivity index (χ2v) is 5.69. The van der Waals surface area contributed by atoms with E-state index in [4.69, 9.17) is 10.4 Å². The van der Waals surface area contributed by atoms with Crippen LogP contribution in [-0.2, 0) is 24.9 Å². The standard InChI is InChI=1S/C16H13N.C5H8O2.Ir/c1-12-11-14-9-5-6-10-15(14)17-16(12)13-7-3-2-4-8-13;1-4(6)3-5(2)7;/h2-7,9-11,16H,1H3;3,6H,1-2H3;/q-2;;/b;4-3-;. The minimum Gasteiger partial charge on any atom is -0.676 e. The first kappa shape index (κ1) is 20.9. The van der Waals surface area contributed by atoms with Gasteiger partial charge in [0.1, 0.15) is 0 Å². The molecule has 0 amide bonds. The van der Waals surface area contributed by atoms with Crippen LogP contribution in [0.15, 0.2) is 65.9 Å². The molecule has 2 aromatic carbocycles. The van der Waals surface area contributed by atoms with Crippen molar-refractivity contribution in [3.63, 3.8) is 0 Å². The summed E-state index contributed by atoms with van der Waals surface area (Å²) in [5, 5.41) is 13.2. The third kappa shape index (κ3) is 6.33. The molecule has 1 aliphatic rings. The number of benzene rings is 2. The Morgan fingerprint density at radius 2 is 1.84 bits per heavy atom. The van der Waals surface area contributed by atoms with Crippen LogP contribution in [0.2, 0.25) is 0 Å². The van der Waals surface area contributed by atoms with Gasteiger partial charge < -0.3 is 10.4 Å². The zero-order valence-corrected chi connectivity index (χ0v) is 16.9. The molecule has 25 heavy (non-hydrogen) atoms. The van der Waals surface area contributed by atoms with Gasteiger partial charge in [-0.1, -0.05) is 42.0 Å². The smallest absolute Gasteiger partial charge is 0.155 e. The number of carbonyl (C=O) groups excluding carboxylic acids is 1. The molecule has 0 fully saturated rings. The minimum atomic E-state index is -0.125. The number of carbonyl (C=O) groups is 1. The summed E-state index contributed by atoms with van der Waals surface area (Å²) in [5.41, 5.74) is 4.68. The molecule has 0 spiro atoms. The molecule has 1 unspecified atom stereocenters. The van der Waals surface area contributed by atoms with Crippen LogP contribution in [0.1, 0.15) is 37.9 Å². The summed E-state index contributed by atoms with van der Waals surface area (Å²) in [6, 6.07) is 19.7. The van der Waals surface area contributed by atoms with Crippen molar-refractivity contribution in [2.75, 3.05) is 0 Å². The van der Waals surface area contributed by atoms with Crippen molar-refractivity contribution < 1.29 is 30.0 Å². The first-order valence-corrected chi connectivity index (χ1v) is 7.80. The first-order valence-electron chi connectivity index (χ1n) is 7.80. The van der Waals surface area contributed by atoms with E-state index in [-0.39, 0.29) is 37.7 Å². The molecule has 0 saturated heterocycles. The fraction of sp³-hybridized carbons (Fsp3) is 0.190. The van der Waals surface area contributed by atoms with Crippen LogP contribution >= 0.6 is 0 Å². The van der Waals surface area contributed by atoms with Gasteiger partial charge in [-0.15, -0.1) is 5.69 Å². The number of ketones is 1. The molecule has 4 heteroatoms. The number of hydrogen-bond donors (Lipinski definition) is 1. The summed E-state index contributed by atoms with van der Waals surface area (Å²) < 4.78 is 0. The van der Waals surface area contributed by atoms with Crippen LogP contribution in [0.3, 0.4) is 0 Å². The third-order valence-corrected chi connectivity index (χ3v) is 3.46. The molecule has 0 saturated carbocycles. The van der Waals surface area contributed by atoms with Gasteiger partial charge in [-0.25, -0.2) is 0 Å². The molecule has 3 rings (SSSR count). The molecule has 0 aliphatic carbocycles. The van der Waals surface area contributed by atoms with Crippen LogP contribution in [0.25, 0.3) is 11.4 Å². The molecule has 133 valence electrons. The maximum Gasteiger partial charge on any atom is 0.155 e. The van der Waals surface area contributed by atoms with Crippen LogP contribution < -0.4 is 0 Å². The average Bonchev–Trinajstić information content (AvgIpc) is 2.54. The Kier molecular flexibility index (Phi) is 8.33. The van der Waals surface area contributed by atoms with Gasteiger partial charge in [0.2, 0.25) is 0 Å². The van der Waals surface area contributed by atoms with Gasteiger partial charge >= 0.3 is 0 Å². The van der Waals surface area contributed by atoms with E-state index in [0.29, 0.717) is 0 Å². The molecule has 3 nitrogen and oxygen atoms in total. The van der Waals surface area contributed by atoms with Crippen molar-refractivity contribution in [3.05, 3.63) is 88.4 Å². The summed E-state index contributed by atoms with van der Waals surface area (Å²) in [6.07, 6.45) is 3.38. The molecule has 0 aromatic heterocycles. The second-order valence-electron chi connectivity index (χ2n) is 5.69. The zero-order chi connectivity index (χ0) is 17.5. The topological polar surface area (TPSA) is 51.4 Å². The van der Waals surface area contributed by atoms with Crippen LogP contribution in [-0.4, -0.2) is 10.9 Å². The van der Waals surface area contributed by atoms with E-state index in [1.165, 1.54) is 31.1 Å². The SMILES string of the molecule is CC(=O)/C=C(/C)O.CC1=Cc2ccccc2[N-]C1c1[c-]cccc1.[Ir]. The predicted molar refractivity (Wildman–Crippen MR) is 98.2 cm³/mol. The number of allylic oxidation sites excluding steroid dienone is 2. The number of fused-ring (bicyclic) bond motifs is 1. The molecule has 1 N–H and O–H groups in total. The number of aliphatic hydroxyl groups excluding tert-OH is 1. The summed E-state index contributed by atoms with van der Waals surface area (Å²) >= 11 is 0. The third-order valence-electron chi connectivity index (χ3n) is 3.46. The van der Waals surface area contributed by atoms with E-state index < -0.39 is 0 Å². The Hall–Kier alpha value is -2.16. The van der Waals surface area contributed by atoms with E-state index in [2.05, 4.69) is 37.3 Å². The molecular formula is C21H21IrNO2-2. The zero-order valence-electron chi connectivity index (χ0n) is 14.5. The average molecular weight is 512 g/mol. The van der Waals surface area contributed by atoms with Gasteiger partial charge in [-0.2, -0.15) is 35.9 Å². The monoisotopic (exact) mass is 512 g/mol. The van der Waals surface area contributed by atoms with Gasteiger partial charge in [0.25, 0.3) is 0 Å². The number of hydrogen-bond acceptors (Lipinski definition) is 2. The Bertz CT molecular complexity index is 762. The molecule has 1 heterocycles. The van der Waals surface area contributed by atoms with Crippen LogP contribution in [0, 0.1) is 6.07 Å². The van der Waals surface area contributed by atoms with Crippen LogP contribution in [0.4, 0.5) is 5.69 Å². The Morgan fingerprint density at radius 1 is 1.16 bits per heavy atom. The van der Waals surface area contributed by atoms with Crippen molar-refractivity contribution in [1.29, 1.82) is 0 Å². The van der Waals surface area contributed by atoms with Crippen molar-refractivity contribution in [1.82, 2.24) is 0 Å². The van der Waals surface area contributed by atoms with E-state index in [9.17, 15) is 4.79 Å². The van der Waals surface area contributed by atoms with Gasteiger partial charge in [0.15, 0.2) is 5.78 Å². The minimum absolute atomic E-state index is 0. The molecule has 1 aliphatic heterocycles. The first-order chi connectivity index (χ1) is 11.5. The fourth-order valence-electron chi connectivity index (χ4n) is 2.48. The molecule has 0 bridgehead atoms.